The maximum atomic E-state index is 12.0. The Morgan fingerprint density at radius 1 is 1.18 bits per heavy atom. The van der Waals surface area contributed by atoms with Crippen LogP contribution in [-0.4, -0.2) is 29.3 Å². The number of carbonyl (C=O) groups is 3. The lowest BCUT2D eigenvalue weighted by Crippen LogP contribution is -2.59. The molecular weight excluding hydrogens is 220 g/mol. The molecule has 2 aliphatic rings. The lowest BCUT2D eigenvalue weighted by molar-refractivity contribution is -0.144. The highest BCUT2D eigenvalue weighted by Gasteiger charge is 2.61. The zero-order chi connectivity index (χ0) is 12.5. The van der Waals surface area contributed by atoms with Crippen LogP contribution in [0.3, 0.4) is 0 Å². The number of unbranched alkanes of at least 4 members (excludes halogenated alkanes) is 3. The Labute approximate surface area is 101 Å². The Morgan fingerprint density at radius 3 is 2.47 bits per heavy atom. The van der Waals surface area contributed by atoms with Gasteiger partial charge in [-0.25, -0.2) is 4.79 Å². The van der Waals surface area contributed by atoms with E-state index < -0.39 is 17.4 Å². The summed E-state index contributed by atoms with van der Waals surface area (Å²) < 4.78 is 0. The van der Waals surface area contributed by atoms with Gasteiger partial charge in [0.1, 0.15) is 5.41 Å². The monoisotopic (exact) mass is 238 g/mol. The minimum Gasteiger partial charge on any atom is -0.277 e. The molecule has 0 unspecified atom stereocenters. The third-order valence-electron chi connectivity index (χ3n) is 3.54. The van der Waals surface area contributed by atoms with Crippen molar-refractivity contribution in [3.63, 3.8) is 0 Å². The summed E-state index contributed by atoms with van der Waals surface area (Å²) in [7, 11) is 0. The Kier molecular flexibility index (Phi) is 3.17. The van der Waals surface area contributed by atoms with E-state index in [0.717, 1.165) is 25.7 Å². The smallest absolute Gasteiger partial charge is 0.277 e. The van der Waals surface area contributed by atoms with Crippen LogP contribution < -0.4 is 5.32 Å². The van der Waals surface area contributed by atoms with Crippen molar-refractivity contribution >= 4 is 17.8 Å². The highest BCUT2D eigenvalue weighted by Crippen LogP contribution is 2.48. The lowest BCUT2D eigenvalue weighted by Gasteiger charge is -2.30. The van der Waals surface area contributed by atoms with E-state index in [4.69, 9.17) is 0 Å². The molecule has 1 aliphatic heterocycles. The molecule has 4 amide bonds. The summed E-state index contributed by atoms with van der Waals surface area (Å²) in [4.78, 5) is 36.4. The summed E-state index contributed by atoms with van der Waals surface area (Å²) in [5.41, 5.74) is -0.890. The first-order valence-electron chi connectivity index (χ1n) is 6.29. The molecule has 0 aromatic heterocycles. The summed E-state index contributed by atoms with van der Waals surface area (Å²) in [6, 6.07) is -0.547. The van der Waals surface area contributed by atoms with Crippen LogP contribution >= 0.6 is 0 Å². The van der Waals surface area contributed by atoms with Gasteiger partial charge in [-0.3, -0.25) is 19.8 Å². The Hall–Kier alpha value is -1.39. The van der Waals surface area contributed by atoms with Crippen molar-refractivity contribution in [1.29, 1.82) is 0 Å². The molecule has 0 atom stereocenters. The van der Waals surface area contributed by atoms with E-state index in [2.05, 4.69) is 12.2 Å². The topological polar surface area (TPSA) is 66.5 Å². The van der Waals surface area contributed by atoms with Gasteiger partial charge in [-0.2, -0.15) is 0 Å². The fraction of sp³-hybridized carbons (Fsp3) is 0.750. The number of carbonyl (C=O) groups excluding carboxylic acids is 3. The molecule has 1 spiro atoms. The number of urea groups is 1. The predicted octanol–water partition coefficient (Wildman–Crippen LogP) is 1.43. The van der Waals surface area contributed by atoms with Crippen LogP contribution in [0.25, 0.3) is 0 Å². The summed E-state index contributed by atoms with van der Waals surface area (Å²) in [6.07, 6.45) is 5.20. The molecule has 1 heterocycles. The average molecular weight is 238 g/mol. The van der Waals surface area contributed by atoms with Crippen molar-refractivity contribution in [2.75, 3.05) is 6.54 Å². The van der Waals surface area contributed by atoms with Gasteiger partial charge >= 0.3 is 6.03 Å². The van der Waals surface area contributed by atoms with E-state index in [-0.39, 0.29) is 5.91 Å². The van der Waals surface area contributed by atoms with E-state index in [1.54, 1.807) is 0 Å². The van der Waals surface area contributed by atoms with E-state index >= 15 is 0 Å². The third kappa shape index (κ3) is 2.06. The van der Waals surface area contributed by atoms with Crippen LogP contribution in [0.2, 0.25) is 0 Å². The largest absolute Gasteiger partial charge is 0.330 e. The molecule has 1 saturated carbocycles. The number of imide groups is 2. The maximum absolute atomic E-state index is 12.0. The number of nitrogens with one attached hydrogen (secondary N) is 1. The lowest BCUT2D eigenvalue weighted by atomic mass is 10.0. The highest BCUT2D eigenvalue weighted by molar-refractivity contribution is 6.20. The number of hydrogen-bond donors (Lipinski definition) is 1. The highest BCUT2D eigenvalue weighted by atomic mass is 16.2. The molecule has 2 fully saturated rings. The Balaban J connectivity index is 1.94. The molecule has 0 aromatic rings. The summed E-state index contributed by atoms with van der Waals surface area (Å²) in [5.74, 6) is -0.694. The molecule has 1 N–H and O–H groups in total. The fourth-order valence-electron chi connectivity index (χ4n) is 2.20. The fourth-order valence-corrected chi connectivity index (χ4v) is 2.20. The number of barbiturate groups is 1. The molecule has 0 radical (unpaired) electrons. The SMILES string of the molecule is CCCCCCN1C(=O)NC(=O)C2(CC2)C1=O. The molecule has 1 aliphatic carbocycles. The van der Waals surface area contributed by atoms with E-state index in [9.17, 15) is 14.4 Å². The van der Waals surface area contributed by atoms with Crippen molar-refractivity contribution in [1.82, 2.24) is 10.2 Å². The first-order valence-corrected chi connectivity index (χ1v) is 6.29. The van der Waals surface area contributed by atoms with E-state index in [1.165, 1.54) is 4.90 Å². The van der Waals surface area contributed by atoms with Crippen LogP contribution in [0.1, 0.15) is 45.4 Å². The Bertz CT molecular complexity index is 361. The van der Waals surface area contributed by atoms with Gasteiger partial charge in [0.25, 0.3) is 0 Å². The standard InChI is InChI=1S/C12H18N2O3/c1-2-3-4-5-8-14-10(16)12(6-7-12)9(15)13-11(14)17/h2-8H2,1H3,(H,13,15,17). The van der Waals surface area contributed by atoms with Gasteiger partial charge in [0, 0.05) is 6.54 Å². The number of nitrogens with zero attached hydrogens (tertiary/aromatic N) is 1. The van der Waals surface area contributed by atoms with E-state index in [0.29, 0.717) is 19.4 Å². The maximum Gasteiger partial charge on any atom is 0.330 e. The van der Waals surface area contributed by atoms with Crippen molar-refractivity contribution in [3.05, 3.63) is 0 Å². The molecule has 5 nitrogen and oxygen atoms in total. The van der Waals surface area contributed by atoms with Gasteiger partial charge in [-0.15, -0.1) is 0 Å². The zero-order valence-electron chi connectivity index (χ0n) is 10.1. The quantitative estimate of drug-likeness (QED) is 0.582. The van der Waals surface area contributed by atoms with Crippen LogP contribution in [0, 0.1) is 5.41 Å². The molecule has 17 heavy (non-hydrogen) atoms. The van der Waals surface area contributed by atoms with Gasteiger partial charge in [0.15, 0.2) is 0 Å². The van der Waals surface area contributed by atoms with Crippen LogP contribution in [0.15, 0.2) is 0 Å². The van der Waals surface area contributed by atoms with Crippen molar-refractivity contribution in [2.45, 2.75) is 45.4 Å². The van der Waals surface area contributed by atoms with Crippen molar-refractivity contribution < 1.29 is 14.4 Å². The van der Waals surface area contributed by atoms with Gasteiger partial charge in [-0.1, -0.05) is 26.2 Å². The second-order valence-corrected chi connectivity index (χ2v) is 4.86. The number of rotatable bonds is 5. The predicted molar refractivity (Wildman–Crippen MR) is 61.1 cm³/mol. The second-order valence-electron chi connectivity index (χ2n) is 4.86. The molecule has 94 valence electrons. The van der Waals surface area contributed by atoms with Crippen molar-refractivity contribution in [2.24, 2.45) is 5.41 Å². The normalized spacial score (nSPS) is 21.9. The van der Waals surface area contributed by atoms with E-state index in [1.807, 2.05) is 0 Å². The second kappa shape index (κ2) is 4.47. The average Bonchev–Trinajstić information content (AvgIpc) is 3.07. The van der Waals surface area contributed by atoms with Crippen LogP contribution in [-0.2, 0) is 9.59 Å². The minimum absolute atomic E-state index is 0.289. The third-order valence-corrected chi connectivity index (χ3v) is 3.54. The summed E-state index contributed by atoms with van der Waals surface area (Å²) in [6.45, 7) is 2.54. The molecule has 0 aromatic carbocycles. The molecule has 5 heteroatoms. The Morgan fingerprint density at radius 2 is 1.88 bits per heavy atom. The van der Waals surface area contributed by atoms with Gasteiger partial charge in [0.05, 0.1) is 0 Å². The summed E-state index contributed by atoms with van der Waals surface area (Å²) in [5, 5.41) is 2.28. The molecule has 2 rings (SSSR count). The molecule has 1 saturated heterocycles. The first kappa shape index (κ1) is 12.1. The van der Waals surface area contributed by atoms with Crippen LogP contribution in [0.5, 0.6) is 0 Å². The van der Waals surface area contributed by atoms with Gasteiger partial charge in [-0.05, 0) is 19.3 Å². The zero-order valence-corrected chi connectivity index (χ0v) is 10.1. The molecular formula is C12H18N2O3. The van der Waals surface area contributed by atoms with Gasteiger partial charge < -0.3 is 0 Å². The van der Waals surface area contributed by atoms with Gasteiger partial charge in [0.2, 0.25) is 11.8 Å². The van der Waals surface area contributed by atoms with Crippen LogP contribution in [0.4, 0.5) is 4.79 Å². The first-order chi connectivity index (χ1) is 8.12. The minimum atomic E-state index is -0.890. The number of hydrogen-bond acceptors (Lipinski definition) is 3. The number of amides is 4. The van der Waals surface area contributed by atoms with Crippen molar-refractivity contribution in [3.8, 4) is 0 Å². The summed E-state index contributed by atoms with van der Waals surface area (Å²) >= 11 is 0. The molecule has 0 bridgehead atoms.